The van der Waals surface area contributed by atoms with Crippen LogP contribution in [-0.4, -0.2) is 33.1 Å². The Kier molecular flexibility index (Phi) is 5.76. The van der Waals surface area contributed by atoms with Gasteiger partial charge >= 0.3 is 0 Å². The highest BCUT2D eigenvalue weighted by molar-refractivity contribution is 8.00. The number of aryl methyl sites for hydroxylation is 1. The number of carbonyl (C=O) groups is 1. The number of halogens is 1. The first kappa shape index (κ1) is 19.3. The fourth-order valence-corrected chi connectivity index (χ4v) is 3.89. The summed E-state index contributed by atoms with van der Waals surface area (Å²) in [7, 11) is 1.69. The quantitative estimate of drug-likeness (QED) is 0.559. The van der Waals surface area contributed by atoms with Gasteiger partial charge in [0.05, 0.1) is 10.9 Å². The largest absolute Gasteiger partial charge is 0.340 e. The minimum absolute atomic E-state index is 0.0996. The summed E-state index contributed by atoms with van der Waals surface area (Å²) in [6, 6.07) is 8.37. The van der Waals surface area contributed by atoms with E-state index in [9.17, 15) is 14.4 Å². The highest BCUT2D eigenvalue weighted by Gasteiger charge is 2.29. The van der Waals surface area contributed by atoms with E-state index in [1.165, 1.54) is 23.9 Å². The van der Waals surface area contributed by atoms with Crippen LogP contribution < -0.4 is 0 Å². The van der Waals surface area contributed by atoms with Crippen LogP contribution in [0, 0.1) is 24.1 Å². The standard InChI is InChI=1S/C20H21FN4OS/c1-12-17(10-22)19(24-18(23-12)15-7-8-15)27-13(2)20(26)25(3)11-14-5-4-6-16(21)9-14/h4-6,9,13,15H,7-8,11H2,1-3H3/t13-/m1/s1. The second-order valence-corrected chi connectivity index (χ2v) is 8.15. The maximum Gasteiger partial charge on any atom is 0.235 e. The first-order valence-corrected chi connectivity index (χ1v) is 9.71. The molecule has 1 fully saturated rings. The van der Waals surface area contributed by atoms with Crippen LogP contribution in [0.4, 0.5) is 4.39 Å². The van der Waals surface area contributed by atoms with Crippen LogP contribution in [-0.2, 0) is 11.3 Å². The monoisotopic (exact) mass is 384 g/mol. The smallest absolute Gasteiger partial charge is 0.235 e. The van der Waals surface area contributed by atoms with Gasteiger partial charge in [0.25, 0.3) is 0 Å². The zero-order chi connectivity index (χ0) is 19.6. The summed E-state index contributed by atoms with van der Waals surface area (Å²) < 4.78 is 13.3. The van der Waals surface area contributed by atoms with Crippen LogP contribution in [0.3, 0.4) is 0 Å². The predicted octanol–water partition coefficient (Wildman–Crippen LogP) is 3.81. The normalized spacial score (nSPS) is 14.5. The minimum atomic E-state index is -0.419. The number of nitrogens with zero attached hydrogens (tertiary/aromatic N) is 4. The molecule has 3 rings (SSSR count). The number of aromatic nitrogens is 2. The molecule has 1 aromatic carbocycles. The van der Waals surface area contributed by atoms with E-state index in [0.717, 1.165) is 24.2 Å². The van der Waals surface area contributed by atoms with Gasteiger partial charge in [-0.15, -0.1) is 0 Å². The second kappa shape index (κ2) is 8.05. The van der Waals surface area contributed by atoms with Crippen molar-refractivity contribution in [2.45, 2.75) is 49.4 Å². The average Bonchev–Trinajstić information content (AvgIpc) is 3.46. The van der Waals surface area contributed by atoms with Crippen LogP contribution >= 0.6 is 11.8 Å². The maximum atomic E-state index is 13.3. The van der Waals surface area contributed by atoms with Gasteiger partial charge in [-0.05, 0) is 44.4 Å². The summed E-state index contributed by atoms with van der Waals surface area (Å²) in [5.41, 5.74) is 1.82. The van der Waals surface area contributed by atoms with Crippen LogP contribution in [0.25, 0.3) is 0 Å². The van der Waals surface area contributed by atoms with E-state index in [4.69, 9.17) is 0 Å². The minimum Gasteiger partial charge on any atom is -0.340 e. The molecule has 0 saturated heterocycles. The van der Waals surface area contributed by atoms with Crippen LogP contribution in [0.15, 0.2) is 29.3 Å². The Balaban J connectivity index is 1.73. The topological polar surface area (TPSA) is 69.9 Å². The van der Waals surface area contributed by atoms with Crippen molar-refractivity contribution in [1.82, 2.24) is 14.9 Å². The molecule has 0 unspecified atom stereocenters. The molecular formula is C20H21FN4OS. The van der Waals surface area contributed by atoms with Crippen molar-refractivity contribution in [3.63, 3.8) is 0 Å². The first-order chi connectivity index (χ1) is 12.9. The van der Waals surface area contributed by atoms with Gasteiger partial charge in [0.15, 0.2) is 0 Å². The van der Waals surface area contributed by atoms with E-state index in [1.807, 2.05) is 0 Å². The Hall–Kier alpha value is -2.46. The van der Waals surface area contributed by atoms with Gasteiger partial charge in [-0.25, -0.2) is 14.4 Å². The number of benzene rings is 1. The molecule has 1 aromatic heterocycles. The fraction of sp³-hybridized carbons (Fsp3) is 0.400. The van der Waals surface area contributed by atoms with E-state index < -0.39 is 5.25 Å². The van der Waals surface area contributed by atoms with Crippen molar-refractivity contribution < 1.29 is 9.18 Å². The lowest BCUT2D eigenvalue weighted by atomic mass is 10.2. The van der Waals surface area contributed by atoms with Crippen molar-refractivity contribution >= 4 is 17.7 Å². The summed E-state index contributed by atoms with van der Waals surface area (Å²) in [4.78, 5) is 23.3. The van der Waals surface area contributed by atoms with Gasteiger partial charge < -0.3 is 4.90 Å². The molecule has 140 valence electrons. The highest BCUT2D eigenvalue weighted by Crippen LogP contribution is 2.39. The van der Waals surface area contributed by atoms with Crippen LogP contribution in [0.2, 0.25) is 0 Å². The number of thioether (sulfide) groups is 1. The predicted molar refractivity (Wildman–Crippen MR) is 102 cm³/mol. The van der Waals surface area contributed by atoms with Gasteiger partial charge in [-0.1, -0.05) is 23.9 Å². The number of rotatable bonds is 6. The molecule has 0 N–H and O–H groups in total. The third kappa shape index (κ3) is 4.64. The summed E-state index contributed by atoms with van der Waals surface area (Å²) in [5, 5.41) is 9.59. The number of amides is 1. The SMILES string of the molecule is Cc1nc(C2CC2)nc(S[C@H](C)C(=O)N(C)Cc2cccc(F)c2)c1C#N. The molecule has 27 heavy (non-hydrogen) atoms. The van der Waals surface area contributed by atoms with Crippen molar-refractivity contribution in [2.24, 2.45) is 0 Å². The molecule has 0 aliphatic heterocycles. The summed E-state index contributed by atoms with van der Waals surface area (Å²) in [5.74, 6) is 0.718. The van der Waals surface area contributed by atoms with Crippen molar-refractivity contribution in [3.8, 4) is 6.07 Å². The molecule has 1 saturated carbocycles. The Morgan fingerprint density at radius 1 is 1.44 bits per heavy atom. The molecule has 1 atom stereocenters. The fourth-order valence-electron chi connectivity index (χ4n) is 2.82. The van der Waals surface area contributed by atoms with Gasteiger partial charge in [0, 0.05) is 19.5 Å². The molecule has 7 heteroatoms. The number of hydrogen-bond donors (Lipinski definition) is 0. The lowest BCUT2D eigenvalue weighted by Gasteiger charge is -2.21. The summed E-state index contributed by atoms with van der Waals surface area (Å²) in [6.45, 7) is 3.92. The third-order valence-electron chi connectivity index (χ3n) is 4.45. The van der Waals surface area contributed by atoms with E-state index in [0.29, 0.717) is 28.7 Å². The van der Waals surface area contributed by atoms with E-state index in [2.05, 4.69) is 16.0 Å². The summed E-state index contributed by atoms with van der Waals surface area (Å²) >= 11 is 1.28. The molecule has 1 aliphatic rings. The first-order valence-electron chi connectivity index (χ1n) is 8.83. The van der Waals surface area contributed by atoms with Crippen LogP contribution in [0.5, 0.6) is 0 Å². The molecule has 2 aromatic rings. The summed E-state index contributed by atoms with van der Waals surface area (Å²) in [6.07, 6.45) is 2.14. The van der Waals surface area contributed by atoms with Gasteiger partial charge in [0.1, 0.15) is 28.3 Å². The zero-order valence-electron chi connectivity index (χ0n) is 15.6. The lowest BCUT2D eigenvalue weighted by Crippen LogP contribution is -2.33. The Morgan fingerprint density at radius 2 is 2.19 bits per heavy atom. The average molecular weight is 384 g/mol. The van der Waals surface area contributed by atoms with E-state index >= 15 is 0 Å². The van der Waals surface area contributed by atoms with Crippen molar-refractivity contribution in [3.05, 3.63) is 52.7 Å². The Morgan fingerprint density at radius 3 is 2.81 bits per heavy atom. The molecule has 5 nitrogen and oxygen atoms in total. The van der Waals surface area contributed by atoms with Gasteiger partial charge in [0.2, 0.25) is 5.91 Å². The van der Waals surface area contributed by atoms with E-state index in [-0.39, 0.29) is 11.7 Å². The van der Waals surface area contributed by atoms with Crippen molar-refractivity contribution in [1.29, 1.82) is 5.26 Å². The second-order valence-electron chi connectivity index (χ2n) is 6.82. The molecule has 1 heterocycles. The number of nitriles is 1. The lowest BCUT2D eigenvalue weighted by molar-refractivity contribution is -0.129. The maximum absolute atomic E-state index is 13.3. The number of hydrogen-bond acceptors (Lipinski definition) is 5. The van der Waals surface area contributed by atoms with Gasteiger partial charge in [-0.2, -0.15) is 5.26 Å². The Bertz CT molecular complexity index is 907. The van der Waals surface area contributed by atoms with Gasteiger partial charge in [-0.3, -0.25) is 4.79 Å². The number of carbonyl (C=O) groups excluding carboxylic acids is 1. The Labute approximate surface area is 162 Å². The third-order valence-corrected chi connectivity index (χ3v) is 5.52. The molecule has 0 radical (unpaired) electrons. The van der Waals surface area contributed by atoms with E-state index in [1.54, 1.807) is 37.9 Å². The molecule has 0 bridgehead atoms. The van der Waals surface area contributed by atoms with Crippen LogP contribution in [0.1, 0.15) is 48.3 Å². The molecular weight excluding hydrogens is 363 g/mol. The highest BCUT2D eigenvalue weighted by atomic mass is 32.2. The molecule has 1 amide bonds. The van der Waals surface area contributed by atoms with Crippen molar-refractivity contribution in [2.75, 3.05) is 7.05 Å². The zero-order valence-corrected chi connectivity index (χ0v) is 16.4. The molecule has 1 aliphatic carbocycles. The molecule has 0 spiro atoms.